The molecule has 7 heteroatoms. The third kappa shape index (κ3) is 1.93. The number of hydrogen-bond donors (Lipinski definition) is 0. The topological polar surface area (TPSA) is 0 Å². The first-order chi connectivity index (χ1) is 6.25. The lowest BCUT2D eigenvalue weighted by atomic mass is 10.2. The fourth-order valence-electron chi connectivity index (χ4n) is 0.779. The molecule has 0 aliphatic carbocycles. The molecule has 78 valence electrons. The van der Waals surface area contributed by atoms with E-state index in [4.69, 9.17) is 23.2 Å². The van der Waals surface area contributed by atoms with E-state index in [1.807, 2.05) is 0 Å². The van der Waals surface area contributed by atoms with Gasteiger partial charge in [-0.05, 0) is 6.07 Å². The van der Waals surface area contributed by atoms with E-state index in [0.29, 0.717) is 0 Å². The minimum atomic E-state index is -5.00. The van der Waals surface area contributed by atoms with Gasteiger partial charge < -0.3 is 0 Å². The highest BCUT2D eigenvalue weighted by molar-refractivity contribution is 6.42. The zero-order valence-electron chi connectivity index (χ0n) is 6.22. The Hall–Kier alpha value is -0.550. The first-order valence-electron chi connectivity index (χ1n) is 3.15. The van der Waals surface area contributed by atoms with E-state index in [1.54, 1.807) is 0 Å². The molecule has 0 saturated heterocycles. The summed E-state index contributed by atoms with van der Waals surface area (Å²) in [6.45, 7) is 0. The molecule has 1 aromatic carbocycles. The van der Waals surface area contributed by atoms with Gasteiger partial charge in [-0.15, -0.1) is 0 Å². The second kappa shape index (κ2) is 3.55. The van der Waals surface area contributed by atoms with Crippen LogP contribution in [-0.2, 0) is 6.18 Å². The second-order valence-corrected chi connectivity index (χ2v) is 3.13. The number of rotatable bonds is 0. The Morgan fingerprint density at radius 1 is 1.00 bits per heavy atom. The van der Waals surface area contributed by atoms with Gasteiger partial charge in [-0.1, -0.05) is 23.2 Å². The summed E-state index contributed by atoms with van der Waals surface area (Å²) >= 11 is 10.2. The molecule has 0 nitrogen and oxygen atoms in total. The van der Waals surface area contributed by atoms with Gasteiger partial charge in [0.25, 0.3) is 0 Å². The minimum Gasteiger partial charge on any atom is -0.203 e. The zero-order chi connectivity index (χ0) is 11.1. The van der Waals surface area contributed by atoms with Crippen LogP contribution in [0.1, 0.15) is 5.56 Å². The lowest BCUT2D eigenvalue weighted by Gasteiger charge is -2.09. The van der Waals surface area contributed by atoms with Crippen LogP contribution < -0.4 is 0 Å². The number of benzene rings is 1. The average molecular weight is 251 g/mol. The number of halogens is 7. The van der Waals surface area contributed by atoms with Crippen molar-refractivity contribution in [1.82, 2.24) is 0 Å². The van der Waals surface area contributed by atoms with E-state index in [-0.39, 0.29) is 6.07 Å². The van der Waals surface area contributed by atoms with Crippen LogP contribution in [0.4, 0.5) is 22.0 Å². The highest BCUT2D eigenvalue weighted by atomic mass is 35.5. The van der Waals surface area contributed by atoms with Crippen molar-refractivity contribution in [3.63, 3.8) is 0 Å². The predicted octanol–water partition coefficient (Wildman–Crippen LogP) is 4.29. The molecule has 0 fully saturated rings. The van der Waals surface area contributed by atoms with Crippen molar-refractivity contribution < 1.29 is 22.0 Å². The zero-order valence-corrected chi connectivity index (χ0v) is 7.73. The number of hydrogen-bond acceptors (Lipinski definition) is 0. The fraction of sp³-hybridized carbons (Fsp3) is 0.143. The molecule has 0 radical (unpaired) electrons. The van der Waals surface area contributed by atoms with E-state index in [0.717, 1.165) is 0 Å². The van der Waals surface area contributed by atoms with Gasteiger partial charge in [-0.2, -0.15) is 13.2 Å². The molecule has 1 rings (SSSR count). The second-order valence-electron chi connectivity index (χ2n) is 2.35. The Morgan fingerprint density at radius 3 is 1.93 bits per heavy atom. The molecule has 0 saturated carbocycles. The van der Waals surface area contributed by atoms with Crippen molar-refractivity contribution in [2.75, 3.05) is 0 Å². The Bertz CT molecular complexity index is 371. The maximum atomic E-state index is 12.7. The molecule has 0 aliphatic heterocycles. The summed E-state index contributed by atoms with van der Waals surface area (Å²) in [7, 11) is 0. The van der Waals surface area contributed by atoms with Crippen molar-refractivity contribution in [2.45, 2.75) is 6.18 Å². The molecule has 0 atom stereocenters. The maximum absolute atomic E-state index is 12.7. The van der Waals surface area contributed by atoms with E-state index in [9.17, 15) is 22.0 Å². The predicted molar refractivity (Wildman–Crippen MR) is 41.4 cm³/mol. The largest absolute Gasteiger partial charge is 0.419 e. The van der Waals surface area contributed by atoms with Crippen molar-refractivity contribution in [1.29, 1.82) is 0 Å². The standard InChI is InChI=1S/C7HCl2F5/c8-3-1-2(7(12,13)14)5(10)6(11)4(3)9/h1H. The molecule has 0 N–H and O–H groups in total. The molecule has 1 aromatic rings. The van der Waals surface area contributed by atoms with Crippen LogP contribution in [0.15, 0.2) is 6.07 Å². The highest BCUT2D eigenvalue weighted by Gasteiger charge is 2.36. The summed E-state index contributed by atoms with van der Waals surface area (Å²) in [6.07, 6.45) is -5.00. The third-order valence-corrected chi connectivity index (χ3v) is 2.17. The van der Waals surface area contributed by atoms with Gasteiger partial charge in [-0.25, -0.2) is 8.78 Å². The molecular weight excluding hydrogens is 250 g/mol. The summed E-state index contributed by atoms with van der Waals surface area (Å²) in [6, 6.07) is 0.238. The lowest BCUT2D eigenvalue weighted by molar-refractivity contribution is -0.140. The highest BCUT2D eigenvalue weighted by Crippen LogP contribution is 2.37. The molecular formula is C7HCl2F5. The Morgan fingerprint density at radius 2 is 1.50 bits per heavy atom. The molecule has 0 amide bonds. The molecule has 0 spiro atoms. The fourth-order valence-corrected chi connectivity index (χ4v) is 1.11. The SMILES string of the molecule is Fc1c(C(F)(F)F)cc(Cl)c(Cl)c1F. The van der Waals surface area contributed by atoms with Gasteiger partial charge in [0, 0.05) is 0 Å². The van der Waals surface area contributed by atoms with Crippen LogP contribution in [0.3, 0.4) is 0 Å². The van der Waals surface area contributed by atoms with Crippen LogP contribution >= 0.6 is 23.2 Å². The number of alkyl halides is 3. The van der Waals surface area contributed by atoms with E-state index in [2.05, 4.69) is 0 Å². The van der Waals surface area contributed by atoms with E-state index >= 15 is 0 Å². The van der Waals surface area contributed by atoms with Crippen LogP contribution in [-0.4, -0.2) is 0 Å². The summed E-state index contributed by atoms with van der Waals surface area (Å²) in [5.41, 5.74) is -1.77. The molecule has 14 heavy (non-hydrogen) atoms. The van der Waals surface area contributed by atoms with E-state index < -0.39 is 33.4 Å². The summed E-state index contributed by atoms with van der Waals surface area (Å²) in [5, 5.41) is -1.55. The Balaban J connectivity index is 3.49. The lowest BCUT2D eigenvalue weighted by Crippen LogP contribution is -2.10. The summed E-state index contributed by atoms with van der Waals surface area (Å²) < 4.78 is 61.5. The van der Waals surface area contributed by atoms with Gasteiger partial charge in [-0.3, -0.25) is 0 Å². The monoisotopic (exact) mass is 250 g/mol. The van der Waals surface area contributed by atoms with Crippen molar-refractivity contribution >= 4 is 23.2 Å². The van der Waals surface area contributed by atoms with Gasteiger partial charge >= 0.3 is 6.18 Å². The third-order valence-electron chi connectivity index (χ3n) is 1.41. The molecule has 0 unspecified atom stereocenters. The maximum Gasteiger partial charge on any atom is 0.419 e. The smallest absolute Gasteiger partial charge is 0.203 e. The van der Waals surface area contributed by atoms with Gasteiger partial charge in [0.05, 0.1) is 15.6 Å². The van der Waals surface area contributed by atoms with E-state index in [1.165, 1.54) is 0 Å². The average Bonchev–Trinajstić information content (AvgIpc) is 2.06. The molecule has 0 aliphatic rings. The Labute approximate surface area is 85.2 Å². The molecule has 0 heterocycles. The first-order valence-corrected chi connectivity index (χ1v) is 3.91. The quantitative estimate of drug-likeness (QED) is 0.366. The summed E-state index contributed by atoms with van der Waals surface area (Å²) in [5.74, 6) is -3.85. The van der Waals surface area contributed by atoms with Gasteiger partial charge in [0.2, 0.25) is 0 Å². The summed E-state index contributed by atoms with van der Waals surface area (Å²) in [4.78, 5) is 0. The van der Waals surface area contributed by atoms with Crippen molar-refractivity contribution in [3.05, 3.63) is 33.3 Å². The first kappa shape index (κ1) is 11.5. The van der Waals surface area contributed by atoms with Crippen LogP contribution in [0, 0.1) is 11.6 Å². The molecule has 0 bridgehead atoms. The van der Waals surface area contributed by atoms with Crippen molar-refractivity contribution in [3.8, 4) is 0 Å². The van der Waals surface area contributed by atoms with Crippen LogP contribution in [0.2, 0.25) is 10.0 Å². The van der Waals surface area contributed by atoms with Gasteiger partial charge in [0.1, 0.15) is 0 Å². The Kier molecular flexibility index (Phi) is 2.92. The van der Waals surface area contributed by atoms with Crippen LogP contribution in [0.25, 0.3) is 0 Å². The minimum absolute atomic E-state index is 0.238. The normalized spacial score (nSPS) is 11.9. The van der Waals surface area contributed by atoms with Crippen LogP contribution in [0.5, 0.6) is 0 Å². The molecule has 0 aromatic heterocycles. The van der Waals surface area contributed by atoms with Gasteiger partial charge in [0.15, 0.2) is 11.6 Å². The van der Waals surface area contributed by atoms with Crippen molar-refractivity contribution in [2.24, 2.45) is 0 Å².